The van der Waals surface area contributed by atoms with Crippen molar-refractivity contribution in [1.29, 1.82) is 0 Å². The van der Waals surface area contributed by atoms with Crippen LogP contribution in [0.15, 0.2) is 22.7 Å². The normalized spacial score (nSPS) is 21.9. The Morgan fingerprint density at radius 1 is 1.42 bits per heavy atom. The highest BCUT2D eigenvalue weighted by atomic mass is 79.9. The summed E-state index contributed by atoms with van der Waals surface area (Å²) in [6, 6.07) is 6.21. The smallest absolute Gasteiger partial charge is 0.122 e. The maximum atomic E-state index is 5.98. The van der Waals surface area contributed by atoms with Crippen molar-refractivity contribution in [2.45, 2.75) is 58.2 Å². The van der Waals surface area contributed by atoms with Crippen LogP contribution in [-0.2, 0) is 4.74 Å². The predicted octanol–water partition coefficient (Wildman–Crippen LogP) is 4.91. The van der Waals surface area contributed by atoms with E-state index in [0.717, 1.165) is 23.1 Å². The van der Waals surface area contributed by atoms with Crippen molar-refractivity contribution in [3.8, 4) is 5.75 Å². The Hall–Kier alpha value is -0.540. The standard InChI is InChI=1S/C16H23BrO2/c1-11(2)14-9-12(17)5-6-15(14)18-10-13-7-8-16(3,4)19-13/h5-6,9,11,13H,7-8,10H2,1-4H3. The van der Waals surface area contributed by atoms with Crippen LogP contribution in [0, 0.1) is 0 Å². The van der Waals surface area contributed by atoms with Gasteiger partial charge in [0, 0.05) is 4.47 Å². The summed E-state index contributed by atoms with van der Waals surface area (Å²) in [5, 5.41) is 0. The molecule has 0 N–H and O–H groups in total. The summed E-state index contributed by atoms with van der Waals surface area (Å²) in [5.74, 6) is 1.43. The minimum absolute atomic E-state index is 0.00855. The van der Waals surface area contributed by atoms with Gasteiger partial charge in [-0.2, -0.15) is 0 Å². The van der Waals surface area contributed by atoms with Gasteiger partial charge in [-0.15, -0.1) is 0 Å². The summed E-state index contributed by atoms with van der Waals surface area (Å²) in [6.45, 7) is 9.30. The molecule has 1 atom stereocenters. The highest BCUT2D eigenvalue weighted by molar-refractivity contribution is 9.10. The first-order valence-electron chi connectivity index (χ1n) is 6.97. The Balaban J connectivity index is 2.00. The summed E-state index contributed by atoms with van der Waals surface area (Å²) in [4.78, 5) is 0. The topological polar surface area (TPSA) is 18.5 Å². The van der Waals surface area contributed by atoms with E-state index in [2.05, 4.69) is 49.7 Å². The van der Waals surface area contributed by atoms with E-state index < -0.39 is 0 Å². The predicted molar refractivity (Wildman–Crippen MR) is 81.9 cm³/mol. The van der Waals surface area contributed by atoms with Crippen LogP contribution >= 0.6 is 15.9 Å². The molecule has 1 aromatic carbocycles. The summed E-state index contributed by atoms with van der Waals surface area (Å²) in [7, 11) is 0. The summed E-state index contributed by atoms with van der Waals surface area (Å²) in [6.07, 6.45) is 2.41. The van der Waals surface area contributed by atoms with Crippen LogP contribution in [0.5, 0.6) is 5.75 Å². The van der Waals surface area contributed by atoms with Crippen molar-refractivity contribution in [3.05, 3.63) is 28.2 Å². The third-order valence-corrected chi connectivity index (χ3v) is 4.07. The fraction of sp³-hybridized carbons (Fsp3) is 0.625. The third kappa shape index (κ3) is 3.96. The fourth-order valence-corrected chi connectivity index (χ4v) is 2.86. The molecule has 1 unspecified atom stereocenters. The van der Waals surface area contributed by atoms with Gasteiger partial charge < -0.3 is 9.47 Å². The lowest BCUT2D eigenvalue weighted by Gasteiger charge is -2.20. The second kappa shape index (κ2) is 5.84. The third-order valence-electron chi connectivity index (χ3n) is 3.57. The number of halogens is 1. The lowest BCUT2D eigenvalue weighted by atomic mass is 10.0. The minimum atomic E-state index is 0.00855. The van der Waals surface area contributed by atoms with E-state index >= 15 is 0 Å². The van der Waals surface area contributed by atoms with Crippen molar-refractivity contribution in [2.75, 3.05) is 6.61 Å². The van der Waals surface area contributed by atoms with Gasteiger partial charge in [-0.25, -0.2) is 0 Å². The zero-order valence-corrected chi connectivity index (χ0v) is 13.8. The van der Waals surface area contributed by atoms with Crippen LogP contribution in [0.1, 0.15) is 52.0 Å². The molecule has 1 saturated heterocycles. The molecule has 2 nitrogen and oxygen atoms in total. The Labute approximate surface area is 124 Å². The van der Waals surface area contributed by atoms with Gasteiger partial charge in [0.2, 0.25) is 0 Å². The molecule has 2 rings (SSSR count). The van der Waals surface area contributed by atoms with E-state index in [-0.39, 0.29) is 11.7 Å². The molecule has 1 heterocycles. The van der Waals surface area contributed by atoms with Gasteiger partial charge in [0.15, 0.2) is 0 Å². The van der Waals surface area contributed by atoms with Crippen molar-refractivity contribution < 1.29 is 9.47 Å². The maximum Gasteiger partial charge on any atom is 0.122 e. The molecule has 1 fully saturated rings. The monoisotopic (exact) mass is 326 g/mol. The van der Waals surface area contributed by atoms with Gasteiger partial charge in [0.25, 0.3) is 0 Å². The van der Waals surface area contributed by atoms with Crippen molar-refractivity contribution in [1.82, 2.24) is 0 Å². The van der Waals surface area contributed by atoms with Crippen molar-refractivity contribution in [2.24, 2.45) is 0 Å². The lowest BCUT2D eigenvalue weighted by Crippen LogP contribution is -2.24. The number of rotatable bonds is 4. The second-order valence-corrected chi connectivity index (χ2v) is 7.10. The first-order chi connectivity index (χ1) is 8.87. The van der Waals surface area contributed by atoms with Gasteiger partial charge in [0.05, 0.1) is 11.7 Å². The van der Waals surface area contributed by atoms with Crippen LogP contribution in [0.4, 0.5) is 0 Å². The summed E-state index contributed by atoms with van der Waals surface area (Å²) >= 11 is 3.52. The molecule has 0 spiro atoms. The first-order valence-corrected chi connectivity index (χ1v) is 7.77. The van der Waals surface area contributed by atoms with Crippen molar-refractivity contribution in [3.63, 3.8) is 0 Å². The molecule has 106 valence electrons. The summed E-state index contributed by atoms with van der Waals surface area (Å²) in [5.41, 5.74) is 1.25. The van der Waals surface area contributed by atoms with E-state index in [1.165, 1.54) is 5.56 Å². The molecule has 1 aromatic rings. The van der Waals surface area contributed by atoms with E-state index in [9.17, 15) is 0 Å². The van der Waals surface area contributed by atoms with E-state index in [0.29, 0.717) is 12.5 Å². The number of benzene rings is 1. The molecule has 0 amide bonds. The van der Waals surface area contributed by atoms with E-state index in [1.807, 2.05) is 12.1 Å². The molecule has 0 aliphatic carbocycles. The molecule has 0 radical (unpaired) electrons. The van der Waals surface area contributed by atoms with Crippen LogP contribution < -0.4 is 4.74 Å². The number of ether oxygens (including phenoxy) is 2. The minimum Gasteiger partial charge on any atom is -0.491 e. The molecular formula is C16H23BrO2. The van der Waals surface area contributed by atoms with Gasteiger partial charge >= 0.3 is 0 Å². The first kappa shape index (κ1) is 14.9. The SMILES string of the molecule is CC(C)c1cc(Br)ccc1OCC1CCC(C)(C)O1. The van der Waals surface area contributed by atoms with Gasteiger partial charge in [-0.3, -0.25) is 0 Å². The quantitative estimate of drug-likeness (QED) is 0.782. The Morgan fingerprint density at radius 2 is 2.16 bits per heavy atom. The highest BCUT2D eigenvalue weighted by Gasteiger charge is 2.32. The van der Waals surface area contributed by atoms with Crippen LogP contribution in [0.2, 0.25) is 0 Å². The largest absolute Gasteiger partial charge is 0.491 e. The molecule has 3 heteroatoms. The fourth-order valence-electron chi connectivity index (χ4n) is 2.48. The van der Waals surface area contributed by atoms with Crippen LogP contribution in [-0.4, -0.2) is 18.3 Å². The zero-order chi connectivity index (χ0) is 14.0. The van der Waals surface area contributed by atoms with Crippen LogP contribution in [0.25, 0.3) is 0 Å². The Kier molecular flexibility index (Phi) is 4.57. The molecule has 0 saturated carbocycles. The van der Waals surface area contributed by atoms with Crippen molar-refractivity contribution >= 4 is 15.9 Å². The van der Waals surface area contributed by atoms with Crippen LogP contribution in [0.3, 0.4) is 0 Å². The lowest BCUT2D eigenvalue weighted by molar-refractivity contribution is -0.0327. The average Bonchev–Trinajstić information content (AvgIpc) is 2.67. The highest BCUT2D eigenvalue weighted by Crippen LogP contribution is 2.32. The molecule has 19 heavy (non-hydrogen) atoms. The van der Waals surface area contributed by atoms with Gasteiger partial charge in [-0.1, -0.05) is 29.8 Å². The molecule has 1 aliphatic heterocycles. The molecule has 1 aliphatic rings. The van der Waals surface area contributed by atoms with E-state index in [1.54, 1.807) is 0 Å². The summed E-state index contributed by atoms with van der Waals surface area (Å²) < 4.78 is 13.0. The molecule has 0 bridgehead atoms. The second-order valence-electron chi connectivity index (χ2n) is 6.19. The number of hydrogen-bond acceptors (Lipinski definition) is 2. The zero-order valence-electron chi connectivity index (χ0n) is 12.2. The van der Waals surface area contributed by atoms with Gasteiger partial charge in [0.1, 0.15) is 12.4 Å². The maximum absolute atomic E-state index is 5.98. The van der Waals surface area contributed by atoms with Gasteiger partial charge in [-0.05, 0) is 56.4 Å². The molecular weight excluding hydrogens is 304 g/mol. The van der Waals surface area contributed by atoms with E-state index in [4.69, 9.17) is 9.47 Å². The molecule has 0 aromatic heterocycles. The average molecular weight is 327 g/mol. The Bertz CT molecular complexity index is 440. The Morgan fingerprint density at radius 3 is 2.74 bits per heavy atom. The number of hydrogen-bond donors (Lipinski definition) is 0.